The molecule has 6 rings (SSSR count). The summed E-state index contributed by atoms with van der Waals surface area (Å²) in [5.41, 5.74) is 10.5. The second kappa shape index (κ2) is 20.4. The fourth-order valence-electron chi connectivity index (χ4n) is 6.48. The van der Waals surface area contributed by atoms with Gasteiger partial charge in [0.15, 0.2) is 0 Å². The largest absolute Gasteiger partial charge is 0.457 e. The molecule has 0 heterocycles. The highest BCUT2D eigenvalue weighted by molar-refractivity contribution is 7.99. The zero-order valence-corrected chi connectivity index (χ0v) is 42.9. The van der Waals surface area contributed by atoms with Gasteiger partial charge in [0, 0.05) is 58.3 Å². The van der Waals surface area contributed by atoms with Crippen molar-refractivity contribution in [1.82, 2.24) is 26.9 Å². The van der Waals surface area contributed by atoms with Gasteiger partial charge in [-0.05, 0) is 90.3 Å². The minimum Gasteiger partial charge on any atom is -0.457 e. The van der Waals surface area contributed by atoms with Gasteiger partial charge in [-0.3, -0.25) is 26.9 Å². The number of quaternary nitrogens is 6. The van der Waals surface area contributed by atoms with Crippen LogP contribution in [0.1, 0.15) is 11.1 Å². The molecule has 8 heteroatoms. The summed E-state index contributed by atoms with van der Waals surface area (Å²) in [6.45, 7) is 0. The Morgan fingerprint density at radius 1 is 0.270 bits per heavy atom. The number of rotatable bonds is 12. The van der Waals surface area contributed by atoms with Gasteiger partial charge in [0.2, 0.25) is 0 Å². The summed E-state index contributed by atoms with van der Waals surface area (Å²) in [7, 11) is 39.2. The number of hydrogen-bond donors (Lipinski definition) is 0. The van der Waals surface area contributed by atoms with E-state index in [1.165, 1.54) is 55.0 Å². The molecule has 0 aliphatic heterocycles. The molecule has 336 valence electrons. The van der Waals surface area contributed by atoms with Crippen LogP contribution in [0.3, 0.4) is 0 Å². The van der Waals surface area contributed by atoms with Crippen LogP contribution in [0.4, 0.5) is 34.1 Å². The molecule has 0 atom stereocenters. The van der Waals surface area contributed by atoms with Crippen molar-refractivity contribution in [3.05, 3.63) is 157 Å². The van der Waals surface area contributed by atoms with Gasteiger partial charge in [-0.25, -0.2) is 0 Å². The van der Waals surface area contributed by atoms with E-state index in [0.29, 0.717) is 0 Å². The molecule has 0 amide bonds. The zero-order valence-electron chi connectivity index (χ0n) is 42.1. The van der Waals surface area contributed by atoms with Crippen LogP contribution in [-0.4, -0.2) is 127 Å². The summed E-state index contributed by atoms with van der Waals surface area (Å²) < 4.78 is 10.9. The maximum Gasteiger partial charge on any atom is 0.132 e. The molecule has 0 aromatic heterocycles. The van der Waals surface area contributed by atoms with Crippen LogP contribution in [0.25, 0.3) is 0 Å². The fraction of sp³-hybridized carbons (Fsp3) is 0.345. The molecule has 0 spiro atoms. The van der Waals surface area contributed by atoms with Gasteiger partial charge in [0.05, 0.1) is 127 Å². The standard InChI is InChI=1S/C19H28N2.C18H26N2O.C18H26N2S/c1-20(2,3)18-11-7-16(8-12-18)15-17-9-13-19(14-10-17)21(4,5)6;2*1-19(2,3)15-7-11-17(12-8-15)21-18-13-9-16(10-14-18)20(4,5)6/h7-14H,15H2,1-6H3;2*7-14H,1-6H3/q3*+2. The Balaban J connectivity index is 0.000000207. The van der Waals surface area contributed by atoms with E-state index in [9.17, 15) is 0 Å². The second-order valence-electron chi connectivity index (χ2n) is 21.8. The van der Waals surface area contributed by atoms with Gasteiger partial charge in [0.1, 0.15) is 45.6 Å². The van der Waals surface area contributed by atoms with E-state index in [0.717, 1.165) is 44.8 Å². The number of benzene rings is 6. The molecule has 0 N–H and O–H groups in total. The van der Waals surface area contributed by atoms with Gasteiger partial charge in [0.25, 0.3) is 0 Å². The van der Waals surface area contributed by atoms with Crippen LogP contribution in [0.5, 0.6) is 11.5 Å². The lowest BCUT2D eigenvalue weighted by Crippen LogP contribution is -2.34. The van der Waals surface area contributed by atoms with E-state index in [1.54, 1.807) is 0 Å². The molecule has 0 unspecified atom stereocenters. The Hall–Kier alpha value is -4.77. The molecule has 0 radical (unpaired) electrons. The molecule has 0 saturated heterocycles. The maximum absolute atomic E-state index is 5.90. The number of nitrogens with zero attached hydrogens (tertiary/aromatic N) is 6. The summed E-state index contributed by atoms with van der Waals surface area (Å²) in [5.74, 6) is 1.73. The molecule has 63 heavy (non-hydrogen) atoms. The third kappa shape index (κ3) is 16.4. The van der Waals surface area contributed by atoms with Crippen LogP contribution < -0.4 is 31.6 Å². The van der Waals surface area contributed by atoms with Gasteiger partial charge in [-0.2, -0.15) is 0 Å². The summed E-state index contributed by atoms with van der Waals surface area (Å²) in [6.07, 6.45) is 0.995. The van der Waals surface area contributed by atoms with Crippen LogP contribution in [0.2, 0.25) is 0 Å². The summed E-state index contributed by atoms with van der Waals surface area (Å²) in [5, 5.41) is 0. The van der Waals surface area contributed by atoms with E-state index in [-0.39, 0.29) is 0 Å². The lowest BCUT2D eigenvalue weighted by molar-refractivity contribution is 0.470. The van der Waals surface area contributed by atoms with Gasteiger partial charge in [-0.15, -0.1) is 0 Å². The summed E-state index contributed by atoms with van der Waals surface area (Å²) in [6, 6.07) is 52.1. The Labute approximate surface area is 387 Å². The van der Waals surface area contributed by atoms with Crippen LogP contribution >= 0.6 is 11.8 Å². The SMILES string of the molecule is C[N+](C)(C)c1ccc(Cc2ccc([N+](C)(C)C)cc2)cc1.C[N+](C)(C)c1ccc(Oc2ccc([N+](C)(C)C)cc2)cc1.C[N+](C)(C)c1ccc(Sc2ccc([N+](C)(C)C)cc2)cc1. The van der Waals surface area contributed by atoms with Gasteiger partial charge < -0.3 is 4.74 Å². The van der Waals surface area contributed by atoms with Crippen LogP contribution in [0.15, 0.2) is 155 Å². The molecular formula is C55H80N6OS+6. The van der Waals surface area contributed by atoms with Crippen molar-refractivity contribution in [3.63, 3.8) is 0 Å². The molecule has 0 bridgehead atoms. The average molecular weight is 873 g/mol. The van der Waals surface area contributed by atoms with Gasteiger partial charge in [-0.1, -0.05) is 36.0 Å². The summed E-state index contributed by atoms with van der Waals surface area (Å²) >= 11 is 1.81. The third-order valence-corrected chi connectivity index (χ3v) is 11.8. The zero-order chi connectivity index (χ0) is 47.0. The van der Waals surface area contributed by atoms with Crippen molar-refractivity contribution in [3.8, 4) is 11.5 Å². The smallest absolute Gasteiger partial charge is 0.132 e. The Kier molecular flexibility index (Phi) is 16.5. The molecule has 0 aliphatic rings. The minimum atomic E-state index is 0.804. The van der Waals surface area contributed by atoms with Gasteiger partial charge >= 0.3 is 0 Å². The third-order valence-electron chi connectivity index (χ3n) is 10.7. The maximum atomic E-state index is 5.90. The van der Waals surface area contributed by atoms with Crippen molar-refractivity contribution in [2.24, 2.45) is 0 Å². The summed E-state index contributed by atoms with van der Waals surface area (Å²) in [4.78, 5) is 2.57. The fourth-order valence-corrected chi connectivity index (χ4v) is 7.29. The first-order chi connectivity index (χ1) is 29.0. The highest BCUT2D eigenvalue weighted by Crippen LogP contribution is 2.32. The second-order valence-corrected chi connectivity index (χ2v) is 22.9. The number of hydrogen-bond acceptors (Lipinski definition) is 2. The first-order valence-electron chi connectivity index (χ1n) is 21.8. The molecule has 0 aliphatic carbocycles. The topological polar surface area (TPSA) is 9.23 Å². The highest BCUT2D eigenvalue weighted by Gasteiger charge is 2.16. The van der Waals surface area contributed by atoms with Crippen molar-refractivity contribution in [2.45, 2.75) is 16.2 Å². The molecular weight excluding hydrogens is 793 g/mol. The molecule has 0 fully saturated rings. The normalized spacial score (nSPS) is 12.4. The number of ether oxygens (including phenoxy) is 1. The van der Waals surface area contributed by atoms with E-state index in [2.05, 4.69) is 248 Å². The van der Waals surface area contributed by atoms with E-state index < -0.39 is 0 Å². The van der Waals surface area contributed by atoms with E-state index in [1.807, 2.05) is 36.0 Å². The average Bonchev–Trinajstić information content (AvgIpc) is 3.18. The molecule has 6 aromatic rings. The lowest BCUT2D eigenvalue weighted by atomic mass is 10.0. The minimum absolute atomic E-state index is 0.804. The first kappa shape index (κ1) is 50.9. The monoisotopic (exact) mass is 873 g/mol. The lowest BCUT2D eigenvalue weighted by Gasteiger charge is -2.24. The van der Waals surface area contributed by atoms with Crippen molar-refractivity contribution in [1.29, 1.82) is 0 Å². The first-order valence-corrected chi connectivity index (χ1v) is 22.7. The predicted molar refractivity (Wildman–Crippen MR) is 283 cm³/mol. The van der Waals surface area contributed by atoms with Crippen LogP contribution in [-0.2, 0) is 6.42 Å². The van der Waals surface area contributed by atoms with Crippen molar-refractivity contribution in [2.75, 3.05) is 127 Å². The molecule has 7 nitrogen and oxygen atoms in total. The molecule has 6 aromatic carbocycles. The Bertz CT molecular complexity index is 1860. The predicted octanol–water partition coefficient (Wildman–Crippen LogP) is 11.8. The van der Waals surface area contributed by atoms with Crippen LogP contribution in [0, 0.1) is 0 Å². The molecule has 0 saturated carbocycles. The van der Waals surface area contributed by atoms with Crippen molar-refractivity contribution >= 4 is 45.9 Å². The van der Waals surface area contributed by atoms with E-state index >= 15 is 0 Å². The highest BCUT2D eigenvalue weighted by atomic mass is 32.2. The van der Waals surface area contributed by atoms with E-state index in [4.69, 9.17) is 4.74 Å². The Morgan fingerprint density at radius 3 is 0.667 bits per heavy atom. The van der Waals surface area contributed by atoms with Crippen molar-refractivity contribution < 1.29 is 4.74 Å². The Morgan fingerprint density at radius 2 is 0.460 bits per heavy atom. The quantitative estimate of drug-likeness (QED) is 0.113.